The summed E-state index contributed by atoms with van der Waals surface area (Å²) < 4.78 is 13.0. The number of rotatable bonds is 1. The van der Waals surface area contributed by atoms with Crippen molar-refractivity contribution >= 4 is 16.6 Å². The van der Waals surface area contributed by atoms with Crippen molar-refractivity contribution in [2.75, 3.05) is 12.4 Å². The second kappa shape index (κ2) is 3.54. The summed E-state index contributed by atoms with van der Waals surface area (Å²) in [5.74, 6) is -0.354. The molecule has 0 fully saturated rings. The molecule has 1 aromatic carbocycles. The third kappa shape index (κ3) is 1.59. The predicted octanol–water partition coefficient (Wildman–Crippen LogP) is 2.29. The first kappa shape index (κ1) is 9.41. The topological polar surface area (TPSA) is 48.7 Å². The standard InChI is InChI=1S/C11H8FN3/c1-14-10-5-8(6-13)15-11-4-7(12)2-3-9(10)11/h2-5H,1H3,(H,14,15). The van der Waals surface area contributed by atoms with Crippen LogP contribution in [0.15, 0.2) is 24.3 Å². The van der Waals surface area contributed by atoms with Crippen molar-refractivity contribution in [2.24, 2.45) is 0 Å². The molecular formula is C11H8FN3. The molecule has 1 heterocycles. The summed E-state index contributed by atoms with van der Waals surface area (Å²) in [5.41, 5.74) is 1.53. The van der Waals surface area contributed by atoms with Gasteiger partial charge < -0.3 is 5.32 Å². The third-order valence-electron chi connectivity index (χ3n) is 2.16. The number of hydrogen-bond acceptors (Lipinski definition) is 3. The van der Waals surface area contributed by atoms with Crippen LogP contribution < -0.4 is 5.32 Å². The van der Waals surface area contributed by atoms with Gasteiger partial charge in [0.25, 0.3) is 0 Å². The first-order valence-corrected chi connectivity index (χ1v) is 4.43. The summed E-state index contributed by atoms with van der Waals surface area (Å²) in [7, 11) is 1.75. The van der Waals surface area contributed by atoms with Gasteiger partial charge in [0.1, 0.15) is 17.6 Å². The summed E-state index contributed by atoms with van der Waals surface area (Å²) in [5, 5.41) is 12.5. The Morgan fingerprint density at radius 1 is 1.40 bits per heavy atom. The zero-order valence-electron chi connectivity index (χ0n) is 8.08. The quantitative estimate of drug-likeness (QED) is 0.770. The van der Waals surface area contributed by atoms with E-state index >= 15 is 0 Å². The van der Waals surface area contributed by atoms with Crippen LogP contribution in [0.5, 0.6) is 0 Å². The molecule has 1 N–H and O–H groups in total. The Bertz CT molecular complexity index is 557. The lowest BCUT2D eigenvalue weighted by atomic mass is 10.1. The van der Waals surface area contributed by atoms with Gasteiger partial charge in [-0.3, -0.25) is 0 Å². The van der Waals surface area contributed by atoms with Crippen LogP contribution in [0.3, 0.4) is 0 Å². The number of anilines is 1. The molecule has 2 aromatic rings. The van der Waals surface area contributed by atoms with Crippen LogP contribution >= 0.6 is 0 Å². The maximum atomic E-state index is 13.0. The number of hydrogen-bond donors (Lipinski definition) is 1. The van der Waals surface area contributed by atoms with Gasteiger partial charge >= 0.3 is 0 Å². The number of nitriles is 1. The van der Waals surface area contributed by atoms with Gasteiger partial charge in [0.2, 0.25) is 0 Å². The van der Waals surface area contributed by atoms with Gasteiger partial charge in [-0.25, -0.2) is 9.37 Å². The summed E-state index contributed by atoms with van der Waals surface area (Å²) in [6.45, 7) is 0. The lowest BCUT2D eigenvalue weighted by Crippen LogP contribution is -1.94. The van der Waals surface area contributed by atoms with Crippen LogP contribution in [0.1, 0.15) is 5.69 Å². The van der Waals surface area contributed by atoms with Crippen LogP contribution in [-0.2, 0) is 0 Å². The lowest BCUT2D eigenvalue weighted by molar-refractivity contribution is 0.629. The van der Waals surface area contributed by atoms with Crippen molar-refractivity contribution in [1.29, 1.82) is 5.26 Å². The summed E-state index contributed by atoms with van der Waals surface area (Å²) in [4.78, 5) is 4.02. The Balaban J connectivity index is 2.82. The molecule has 0 atom stereocenters. The van der Waals surface area contributed by atoms with Crippen molar-refractivity contribution in [1.82, 2.24) is 4.98 Å². The number of fused-ring (bicyclic) bond motifs is 1. The van der Waals surface area contributed by atoms with Gasteiger partial charge in [-0.1, -0.05) is 0 Å². The van der Waals surface area contributed by atoms with E-state index in [-0.39, 0.29) is 11.5 Å². The van der Waals surface area contributed by atoms with Crippen molar-refractivity contribution < 1.29 is 4.39 Å². The molecule has 0 unspecified atom stereocenters. The largest absolute Gasteiger partial charge is 0.387 e. The minimum Gasteiger partial charge on any atom is -0.387 e. The average molecular weight is 201 g/mol. The van der Waals surface area contributed by atoms with Crippen LogP contribution in [0.25, 0.3) is 10.9 Å². The van der Waals surface area contributed by atoms with Crippen LogP contribution in [0, 0.1) is 17.1 Å². The zero-order valence-corrected chi connectivity index (χ0v) is 8.08. The van der Waals surface area contributed by atoms with Crippen molar-refractivity contribution in [3.05, 3.63) is 35.8 Å². The molecule has 0 bridgehead atoms. The Labute approximate surface area is 86.2 Å². The molecule has 0 aliphatic heterocycles. The molecule has 15 heavy (non-hydrogen) atoms. The van der Waals surface area contributed by atoms with E-state index in [0.29, 0.717) is 5.52 Å². The van der Waals surface area contributed by atoms with E-state index in [1.54, 1.807) is 19.2 Å². The number of nitrogens with zero attached hydrogens (tertiary/aromatic N) is 2. The fourth-order valence-electron chi connectivity index (χ4n) is 1.47. The van der Waals surface area contributed by atoms with Crippen LogP contribution in [0.4, 0.5) is 10.1 Å². The predicted molar refractivity (Wildman–Crippen MR) is 56.0 cm³/mol. The average Bonchev–Trinajstić information content (AvgIpc) is 2.26. The smallest absolute Gasteiger partial charge is 0.143 e. The van der Waals surface area contributed by atoms with E-state index in [1.165, 1.54) is 12.1 Å². The molecule has 4 heteroatoms. The number of nitrogens with one attached hydrogen (secondary N) is 1. The lowest BCUT2D eigenvalue weighted by Gasteiger charge is -2.05. The highest BCUT2D eigenvalue weighted by molar-refractivity contribution is 5.91. The second-order valence-corrected chi connectivity index (χ2v) is 3.08. The maximum absolute atomic E-state index is 13.0. The number of halogens is 1. The van der Waals surface area contributed by atoms with Gasteiger partial charge in [-0.15, -0.1) is 0 Å². The zero-order chi connectivity index (χ0) is 10.8. The summed E-state index contributed by atoms with van der Waals surface area (Å²) in [6.07, 6.45) is 0. The Morgan fingerprint density at radius 2 is 2.20 bits per heavy atom. The minimum absolute atomic E-state index is 0.275. The number of pyridine rings is 1. The van der Waals surface area contributed by atoms with Crippen LogP contribution in [-0.4, -0.2) is 12.0 Å². The Kier molecular flexibility index (Phi) is 2.22. The van der Waals surface area contributed by atoms with Gasteiger partial charge in [0.15, 0.2) is 0 Å². The highest BCUT2D eigenvalue weighted by Crippen LogP contribution is 2.23. The van der Waals surface area contributed by atoms with Gasteiger partial charge in [-0.2, -0.15) is 5.26 Å². The molecule has 1 aromatic heterocycles. The second-order valence-electron chi connectivity index (χ2n) is 3.08. The molecule has 3 nitrogen and oxygen atoms in total. The molecule has 74 valence electrons. The molecule has 0 amide bonds. The number of aromatic nitrogens is 1. The molecule has 0 saturated carbocycles. The van der Waals surface area contributed by atoms with E-state index in [4.69, 9.17) is 5.26 Å². The van der Waals surface area contributed by atoms with E-state index in [9.17, 15) is 4.39 Å². The Morgan fingerprint density at radius 3 is 2.87 bits per heavy atom. The van der Waals surface area contributed by atoms with E-state index < -0.39 is 0 Å². The fourth-order valence-corrected chi connectivity index (χ4v) is 1.47. The molecular weight excluding hydrogens is 193 g/mol. The SMILES string of the molecule is CNc1cc(C#N)nc2cc(F)ccc12. The normalized spacial score (nSPS) is 9.93. The van der Waals surface area contributed by atoms with Gasteiger partial charge in [-0.05, 0) is 18.2 Å². The van der Waals surface area contributed by atoms with E-state index in [1.807, 2.05) is 6.07 Å². The number of benzene rings is 1. The van der Waals surface area contributed by atoms with Gasteiger partial charge in [0.05, 0.1) is 5.52 Å². The minimum atomic E-state index is -0.354. The van der Waals surface area contributed by atoms with E-state index in [0.717, 1.165) is 11.1 Å². The Hall–Kier alpha value is -2.15. The molecule has 0 aliphatic rings. The molecule has 0 aliphatic carbocycles. The highest BCUT2D eigenvalue weighted by Gasteiger charge is 2.05. The van der Waals surface area contributed by atoms with E-state index in [2.05, 4.69) is 10.3 Å². The third-order valence-corrected chi connectivity index (χ3v) is 2.16. The molecule has 0 radical (unpaired) electrons. The van der Waals surface area contributed by atoms with Crippen molar-refractivity contribution in [3.63, 3.8) is 0 Å². The van der Waals surface area contributed by atoms with Crippen molar-refractivity contribution in [3.8, 4) is 6.07 Å². The first-order chi connectivity index (χ1) is 7.24. The van der Waals surface area contributed by atoms with Crippen LogP contribution in [0.2, 0.25) is 0 Å². The fraction of sp³-hybridized carbons (Fsp3) is 0.0909. The van der Waals surface area contributed by atoms with Gasteiger partial charge in [0, 0.05) is 24.2 Å². The highest BCUT2D eigenvalue weighted by atomic mass is 19.1. The molecule has 2 rings (SSSR count). The summed E-state index contributed by atoms with van der Waals surface area (Å²) in [6, 6.07) is 7.91. The monoisotopic (exact) mass is 201 g/mol. The molecule has 0 spiro atoms. The van der Waals surface area contributed by atoms with Crippen molar-refractivity contribution in [2.45, 2.75) is 0 Å². The first-order valence-electron chi connectivity index (χ1n) is 4.43. The molecule has 0 saturated heterocycles. The maximum Gasteiger partial charge on any atom is 0.143 e. The summed E-state index contributed by atoms with van der Waals surface area (Å²) >= 11 is 0.